The summed E-state index contributed by atoms with van der Waals surface area (Å²) in [6.07, 6.45) is 1.35. The van der Waals surface area contributed by atoms with E-state index in [9.17, 15) is 4.79 Å². The van der Waals surface area contributed by atoms with E-state index in [2.05, 4.69) is 22.2 Å². The largest absolute Gasteiger partial charge is 0.337 e. The minimum Gasteiger partial charge on any atom is -0.337 e. The highest BCUT2D eigenvalue weighted by atomic mass is 35.5. The molecule has 48 valence electrons. The van der Waals surface area contributed by atoms with Crippen molar-refractivity contribution in [3.05, 3.63) is 26.3 Å². The van der Waals surface area contributed by atoms with E-state index in [1.807, 2.05) is 0 Å². The molecule has 0 aliphatic rings. The molecule has 0 radical (unpaired) electrons. The number of hydrogen-bond acceptors (Lipinski definition) is 2. The quantitative estimate of drug-likeness (QED) is 0.561. The molecule has 3 nitrogen and oxygen atoms in total. The predicted octanol–water partition coefficient (Wildman–Crippen LogP) is 1.09. The van der Waals surface area contributed by atoms with Crippen LogP contribution in [0.15, 0.2) is 11.0 Å². The van der Waals surface area contributed by atoms with E-state index in [1.165, 1.54) is 6.20 Å². The summed E-state index contributed by atoms with van der Waals surface area (Å²) in [5, 5.41) is 0.114. The number of H-pyrrole nitrogens is 2. The molecule has 1 aromatic heterocycles. The van der Waals surface area contributed by atoms with Crippen molar-refractivity contribution in [3.8, 4) is 0 Å². The fourth-order valence-corrected chi connectivity index (χ4v) is 0.647. The van der Waals surface area contributed by atoms with Crippen LogP contribution in [0.2, 0.25) is 5.02 Å². The lowest BCUT2D eigenvalue weighted by Gasteiger charge is -1.84. The van der Waals surface area contributed by atoms with Crippen molar-refractivity contribution in [2.45, 2.75) is 0 Å². The average molecular weight is 163 g/mol. The lowest BCUT2D eigenvalue weighted by Crippen LogP contribution is -2.06. The predicted molar refractivity (Wildman–Crippen MR) is 37.3 cm³/mol. The third kappa shape index (κ3) is 1.40. The highest BCUT2D eigenvalue weighted by Crippen LogP contribution is 1.93. The Bertz CT molecular complexity index is 315. The summed E-state index contributed by atoms with van der Waals surface area (Å²) < 4.78 is 0.282. The molecule has 0 atom stereocenters. The fraction of sp³-hybridized carbons (Fsp3) is 0. The van der Waals surface area contributed by atoms with Crippen LogP contribution in [0.5, 0.6) is 0 Å². The lowest BCUT2D eigenvalue weighted by atomic mass is 10.7. The summed E-state index contributed by atoms with van der Waals surface area (Å²) in [6, 6.07) is 0. The molecular formula is C4H3ClN2OS. The molecule has 0 saturated carbocycles. The minimum absolute atomic E-state index is 0.114. The third-order valence-corrected chi connectivity index (χ3v) is 1.27. The molecule has 1 heterocycles. The summed E-state index contributed by atoms with van der Waals surface area (Å²) in [6.45, 7) is 0. The Kier molecular flexibility index (Phi) is 1.68. The van der Waals surface area contributed by atoms with Crippen molar-refractivity contribution in [1.82, 2.24) is 9.97 Å². The van der Waals surface area contributed by atoms with Crippen LogP contribution >= 0.6 is 23.8 Å². The Morgan fingerprint density at radius 2 is 2.33 bits per heavy atom. The topological polar surface area (TPSA) is 48.6 Å². The molecule has 0 spiro atoms. The van der Waals surface area contributed by atoms with Crippen molar-refractivity contribution in [2.75, 3.05) is 0 Å². The number of hydrogen-bond donors (Lipinski definition) is 2. The monoisotopic (exact) mass is 162 g/mol. The Labute approximate surface area is 60.7 Å². The molecule has 0 amide bonds. The van der Waals surface area contributed by atoms with Gasteiger partial charge in [-0.05, 0) is 12.2 Å². The van der Waals surface area contributed by atoms with Crippen LogP contribution in [0.4, 0.5) is 0 Å². The maximum atomic E-state index is 10.6. The first kappa shape index (κ1) is 6.51. The molecule has 0 unspecified atom stereocenters. The number of aromatic nitrogens is 2. The molecule has 0 fully saturated rings. The zero-order valence-electron chi connectivity index (χ0n) is 4.27. The van der Waals surface area contributed by atoms with Crippen LogP contribution < -0.4 is 5.56 Å². The van der Waals surface area contributed by atoms with Gasteiger partial charge >= 0.3 is 0 Å². The van der Waals surface area contributed by atoms with Gasteiger partial charge in [-0.2, -0.15) is 0 Å². The van der Waals surface area contributed by atoms with Gasteiger partial charge in [0.15, 0.2) is 4.77 Å². The molecule has 1 rings (SSSR count). The van der Waals surface area contributed by atoms with Crippen molar-refractivity contribution in [3.63, 3.8) is 0 Å². The number of rotatable bonds is 0. The first-order chi connectivity index (χ1) is 4.20. The van der Waals surface area contributed by atoms with E-state index in [0.717, 1.165) is 0 Å². The summed E-state index contributed by atoms with van der Waals surface area (Å²) >= 11 is 9.95. The van der Waals surface area contributed by atoms with Gasteiger partial charge in [-0.15, -0.1) is 0 Å². The Morgan fingerprint density at radius 1 is 1.67 bits per heavy atom. The third-order valence-electron chi connectivity index (χ3n) is 0.774. The van der Waals surface area contributed by atoms with Crippen molar-refractivity contribution in [2.24, 2.45) is 0 Å². The normalized spacial score (nSPS) is 9.44. The van der Waals surface area contributed by atoms with Gasteiger partial charge in [0.05, 0.1) is 0 Å². The van der Waals surface area contributed by atoms with E-state index >= 15 is 0 Å². The molecule has 0 bridgehead atoms. The molecule has 9 heavy (non-hydrogen) atoms. The van der Waals surface area contributed by atoms with E-state index in [0.29, 0.717) is 0 Å². The first-order valence-electron chi connectivity index (χ1n) is 2.17. The second kappa shape index (κ2) is 2.33. The standard InChI is InChI=1S/C4H3ClN2OS/c5-2-1-6-4(9)7-3(2)8/h1H,(H2,6,7,8,9). The van der Waals surface area contributed by atoms with E-state index in [1.54, 1.807) is 0 Å². The second-order valence-electron chi connectivity index (χ2n) is 1.42. The number of aromatic amines is 2. The Morgan fingerprint density at radius 3 is 2.78 bits per heavy atom. The summed E-state index contributed by atoms with van der Waals surface area (Å²) in [4.78, 5) is 15.4. The fourth-order valence-electron chi connectivity index (χ4n) is 0.393. The maximum Gasteiger partial charge on any atom is 0.270 e. The minimum atomic E-state index is -0.361. The van der Waals surface area contributed by atoms with Gasteiger partial charge in [0, 0.05) is 6.20 Å². The number of halogens is 1. The van der Waals surface area contributed by atoms with Gasteiger partial charge in [-0.25, -0.2) is 0 Å². The van der Waals surface area contributed by atoms with E-state index in [-0.39, 0.29) is 15.4 Å². The maximum absolute atomic E-state index is 10.6. The molecule has 0 aliphatic carbocycles. The highest BCUT2D eigenvalue weighted by Gasteiger charge is 1.89. The molecular weight excluding hydrogens is 160 g/mol. The molecule has 1 aromatic rings. The van der Waals surface area contributed by atoms with Gasteiger partial charge in [-0.1, -0.05) is 11.6 Å². The van der Waals surface area contributed by atoms with Gasteiger partial charge < -0.3 is 4.98 Å². The van der Waals surface area contributed by atoms with Crippen LogP contribution in [0, 0.1) is 4.77 Å². The van der Waals surface area contributed by atoms with Gasteiger partial charge in [0.25, 0.3) is 5.56 Å². The number of nitrogens with one attached hydrogen (secondary N) is 2. The van der Waals surface area contributed by atoms with Crippen LogP contribution in [-0.4, -0.2) is 9.97 Å². The van der Waals surface area contributed by atoms with E-state index in [4.69, 9.17) is 11.6 Å². The van der Waals surface area contributed by atoms with Crippen LogP contribution in [0.25, 0.3) is 0 Å². The Hall–Kier alpha value is -0.610. The summed E-state index contributed by atoms with van der Waals surface area (Å²) in [5.41, 5.74) is -0.361. The van der Waals surface area contributed by atoms with Gasteiger partial charge in [0.1, 0.15) is 5.02 Å². The SMILES string of the molecule is O=c1[nH]c(=S)[nH]cc1Cl. The van der Waals surface area contributed by atoms with Gasteiger partial charge in [-0.3, -0.25) is 9.78 Å². The van der Waals surface area contributed by atoms with Crippen LogP contribution in [0.3, 0.4) is 0 Å². The summed E-state index contributed by atoms with van der Waals surface area (Å²) in [7, 11) is 0. The van der Waals surface area contributed by atoms with Gasteiger partial charge in [0.2, 0.25) is 0 Å². The van der Waals surface area contributed by atoms with Crippen molar-refractivity contribution >= 4 is 23.8 Å². The molecule has 0 aromatic carbocycles. The van der Waals surface area contributed by atoms with Crippen molar-refractivity contribution in [1.29, 1.82) is 0 Å². The molecule has 0 saturated heterocycles. The highest BCUT2D eigenvalue weighted by molar-refractivity contribution is 7.71. The molecule has 0 aliphatic heterocycles. The zero-order chi connectivity index (χ0) is 6.85. The summed E-state index contributed by atoms with van der Waals surface area (Å²) in [5.74, 6) is 0. The zero-order valence-corrected chi connectivity index (χ0v) is 5.84. The molecule has 2 N–H and O–H groups in total. The Balaban J connectivity index is 3.52. The first-order valence-corrected chi connectivity index (χ1v) is 2.96. The average Bonchev–Trinajstić information content (AvgIpc) is 1.80. The smallest absolute Gasteiger partial charge is 0.270 e. The lowest BCUT2D eigenvalue weighted by molar-refractivity contribution is 1.09. The van der Waals surface area contributed by atoms with E-state index < -0.39 is 0 Å². The second-order valence-corrected chi connectivity index (χ2v) is 2.24. The molecule has 5 heteroatoms. The van der Waals surface area contributed by atoms with Crippen molar-refractivity contribution < 1.29 is 0 Å². The van der Waals surface area contributed by atoms with Crippen LogP contribution in [0.1, 0.15) is 0 Å². The van der Waals surface area contributed by atoms with Crippen LogP contribution in [-0.2, 0) is 0 Å².